The van der Waals surface area contributed by atoms with Crippen molar-refractivity contribution < 1.29 is 18.0 Å². The second-order valence-electron chi connectivity index (χ2n) is 11.8. The standard InChI is InChI=1S/C33H28F3N7O2/c1-5-20-6-9-22(14-25(20)33(34,35)36)30(44)41-16-28-24(12-18(41)2)31(45)42(23-10-11-29-27(15-23)37-17-40(29)4)32(38-28)43-19(3)13-26(39-43)21-7-8-21/h1,6,9-11,13-15,17-18,21H,7-8,12,16H2,2-4H3/t18-/m1/s1. The van der Waals surface area contributed by atoms with Gasteiger partial charge in [-0.15, -0.1) is 6.42 Å². The Kier molecular flexibility index (Phi) is 6.47. The Hall–Kier alpha value is -5.18. The SMILES string of the molecule is C#Cc1ccc(C(=O)N2Cc3nc(-n4nc(C5CC5)cc4C)n(-c4ccc5c(c4)ncn5C)c(=O)c3C[C@H]2C)cc1C(F)(F)F. The van der Waals surface area contributed by atoms with E-state index in [0.717, 1.165) is 41.9 Å². The molecule has 1 fully saturated rings. The lowest BCUT2D eigenvalue weighted by Gasteiger charge is -2.34. The number of amides is 1. The Morgan fingerprint density at radius 2 is 1.89 bits per heavy atom. The van der Waals surface area contributed by atoms with E-state index >= 15 is 0 Å². The molecule has 45 heavy (non-hydrogen) atoms. The molecule has 4 heterocycles. The van der Waals surface area contributed by atoms with Gasteiger partial charge < -0.3 is 9.47 Å². The van der Waals surface area contributed by atoms with Gasteiger partial charge in [-0.05, 0) is 75.6 Å². The molecule has 2 aliphatic rings. The Morgan fingerprint density at radius 1 is 1.11 bits per heavy atom. The summed E-state index contributed by atoms with van der Waals surface area (Å²) in [5.74, 6) is 2.06. The summed E-state index contributed by atoms with van der Waals surface area (Å²) in [4.78, 5) is 38.8. The predicted octanol–water partition coefficient (Wildman–Crippen LogP) is 5.08. The number of terminal acetylenes is 1. The fraction of sp³-hybridized carbons (Fsp3) is 0.303. The van der Waals surface area contributed by atoms with Crippen LogP contribution < -0.4 is 5.56 Å². The molecule has 9 nitrogen and oxygen atoms in total. The lowest BCUT2D eigenvalue weighted by Crippen LogP contribution is -2.46. The zero-order valence-corrected chi connectivity index (χ0v) is 24.8. The van der Waals surface area contributed by atoms with Gasteiger partial charge in [0.15, 0.2) is 0 Å². The maximum Gasteiger partial charge on any atom is 0.417 e. The molecule has 3 aromatic heterocycles. The smallest absolute Gasteiger partial charge is 0.334 e. The second-order valence-corrected chi connectivity index (χ2v) is 11.8. The number of hydrogen-bond acceptors (Lipinski definition) is 5. The summed E-state index contributed by atoms with van der Waals surface area (Å²) in [5.41, 5.74) is 2.86. The second kappa shape index (κ2) is 10.2. The average Bonchev–Trinajstić information content (AvgIpc) is 3.70. The summed E-state index contributed by atoms with van der Waals surface area (Å²) in [6, 6.07) is 10.3. The molecule has 0 spiro atoms. The van der Waals surface area contributed by atoms with E-state index in [1.165, 1.54) is 15.5 Å². The molecule has 1 amide bonds. The summed E-state index contributed by atoms with van der Waals surface area (Å²) in [6.45, 7) is 3.59. The van der Waals surface area contributed by atoms with Gasteiger partial charge >= 0.3 is 6.18 Å². The average molecular weight is 612 g/mol. The lowest BCUT2D eigenvalue weighted by atomic mass is 9.97. The summed E-state index contributed by atoms with van der Waals surface area (Å²) >= 11 is 0. The van der Waals surface area contributed by atoms with E-state index in [0.29, 0.717) is 28.4 Å². The van der Waals surface area contributed by atoms with Gasteiger partial charge in [0.05, 0.1) is 46.5 Å². The molecule has 0 N–H and O–H groups in total. The molecule has 12 heteroatoms. The maximum atomic E-state index is 14.3. The third kappa shape index (κ3) is 4.79. The molecule has 0 unspecified atom stereocenters. The molecule has 1 saturated carbocycles. The number of alkyl halides is 3. The highest BCUT2D eigenvalue weighted by molar-refractivity contribution is 5.95. The number of benzene rings is 2. The minimum atomic E-state index is -4.72. The van der Waals surface area contributed by atoms with Gasteiger partial charge in [-0.25, -0.2) is 19.2 Å². The Bertz CT molecular complexity index is 2130. The number of halogens is 3. The minimum Gasteiger partial charge on any atom is -0.334 e. The molecule has 1 aliphatic heterocycles. The Balaban J connectivity index is 1.35. The summed E-state index contributed by atoms with van der Waals surface area (Å²) in [6.07, 6.45) is 4.52. The van der Waals surface area contributed by atoms with Crippen LogP contribution in [-0.4, -0.2) is 45.7 Å². The number of aryl methyl sites for hydroxylation is 2. The fourth-order valence-corrected chi connectivity index (χ4v) is 6.04. The predicted molar refractivity (Wildman–Crippen MR) is 160 cm³/mol. The summed E-state index contributed by atoms with van der Waals surface area (Å²) in [5, 5.41) is 4.82. The van der Waals surface area contributed by atoms with Gasteiger partial charge in [0.25, 0.3) is 11.5 Å². The third-order valence-electron chi connectivity index (χ3n) is 8.64. The van der Waals surface area contributed by atoms with Gasteiger partial charge in [0, 0.05) is 41.4 Å². The van der Waals surface area contributed by atoms with Crippen LogP contribution in [0.25, 0.3) is 22.7 Å². The number of rotatable bonds is 4. The first-order chi connectivity index (χ1) is 21.4. The first kappa shape index (κ1) is 28.6. The first-order valence-electron chi connectivity index (χ1n) is 14.6. The largest absolute Gasteiger partial charge is 0.417 e. The lowest BCUT2D eigenvalue weighted by molar-refractivity contribution is -0.137. The number of nitrogens with zero attached hydrogens (tertiary/aromatic N) is 7. The van der Waals surface area contributed by atoms with Crippen molar-refractivity contribution in [2.24, 2.45) is 7.05 Å². The van der Waals surface area contributed by atoms with Crippen LogP contribution in [0.2, 0.25) is 0 Å². The molecule has 1 aliphatic carbocycles. The van der Waals surface area contributed by atoms with E-state index in [4.69, 9.17) is 16.5 Å². The van der Waals surface area contributed by atoms with Gasteiger partial charge in [-0.3, -0.25) is 9.59 Å². The molecule has 0 bridgehead atoms. The molecule has 7 rings (SSSR count). The number of imidazole rings is 1. The van der Waals surface area contributed by atoms with E-state index in [-0.39, 0.29) is 35.6 Å². The van der Waals surface area contributed by atoms with Crippen molar-refractivity contribution in [3.63, 3.8) is 0 Å². The van der Waals surface area contributed by atoms with Crippen molar-refractivity contribution in [1.82, 2.24) is 33.8 Å². The quantitative estimate of drug-likeness (QED) is 0.265. The number of aromatic nitrogens is 6. The van der Waals surface area contributed by atoms with Crippen molar-refractivity contribution in [3.05, 3.63) is 98.5 Å². The fourth-order valence-electron chi connectivity index (χ4n) is 6.04. The monoisotopic (exact) mass is 611 g/mol. The van der Waals surface area contributed by atoms with E-state index in [1.54, 1.807) is 17.9 Å². The summed E-state index contributed by atoms with van der Waals surface area (Å²) in [7, 11) is 1.89. The highest BCUT2D eigenvalue weighted by atomic mass is 19.4. The Morgan fingerprint density at radius 3 is 2.60 bits per heavy atom. The summed E-state index contributed by atoms with van der Waals surface area (Å²) < 4.78 is 46.2. The Labute approximate surface area is 255 Å². The minimum absolute atomic E-state index is 0.0638. The molecule has 5 aromatic rings. The van der Waals surface area contributed by atoms with Crippen LogP contribution in [0.3, 0.4) is 0 Å². The number of hydrogen-bond donors (Lipinski definition) is 0. The van der Waals surface area contributed by atoms with Crippen LogP contribution in [0.4, 0.5) is 13.2 Å². The zero-order valence-electron chi connectivity index (χ0n) is 24.8. The maximum absolute atomic E-state index is 14.3. The number of fused-ring (bicyclic) bond motifs is 2. The molecule has 1 atom stereocenters. The topological polar surface area (TPSA) is 90.8 Å². The van der Waals surface area contributed by atoms with Crippen LogP contribution >= 0.6 is 0 Å². The molecule has 2 aromatic carbocycles. The van der Waals surface area contributed by atoms with Crippen LogP contribution in [0.5, 0.6) is 0 Å². The van der Waals surface area contributed by atoms with Crippen LogP contribution in [0, 0.1) is 19.3 Å². The van der Waals surface area contributed by atoms with Crippen LogP contribution in [-0.2, 0) is 26.2 Å². The van der Waals surface area contributed by atoms with Crippen LogP contribution in [0.15, 0.2) is 53.6 Å². The van der Waals surface area contributed by atoms with Gasteiger partial charge in [0.2, 0.25) is 5.95 Å². The highest BCUT2D eigenvalue weighted by Gasteiger charge is 2.37. The molecular formula is C33H28F3N7O2. The third-order valence-corrected chi connectivity index (χ3v) is 8.64. The number of carbonyl (C=O) groups excluding carboxylic acids is 1. The van der Waals surface area contributed by atoms with E-state index in [1.807, 2.05) is 48.7 Å². The van der Waals surface area contributed by atoms with Crippen molar-refractivity contribution in [2.75, 3.05) is 0 Å². The van der Waals surface area contributed by atoms with E-state index in [2.05, 4.69) is 4.98 Å². The van der Waals surface area contributed by atoms with Gasteiger partial charge in [-0.1, -0.05) is 5.92 Å². The van der Waals surface area contributed by atoms with Crippen molar-refractivity contribution in [3.8, 4) is 24.0 Å². The molecule has 0 radical (unpaired) electrons. The normalized spacial score (nSPS) is 16.6. The van der Waals surface area contributed by atoms with Gasteiger partial charge in [0.1, 0.15) is 0 Å². The van der Waals surface area contributed by atoms with E-state index < -0.39 is 23.7 Å². The molecule has 228 valence electrons. The molecular weight excluding hydrogens is 583 g/mol. The number of carbonyl (C=O) groups is 1. The van der Waals surface area contributed by atoms with Gasteiger partial charge in [-0.2, -0.15) is 18.3 Å². The zero-order chi connectivity index (χ0) is 31.8. The van der Waals surface area contributed by atoms with Crippen LogP contribution in [0.1, 0.15) is 69.8 Å². The van der Waals surface area contributed by atoms with Crippen molar-refractivity contribution in [1.29, 1.82) is 0 Å². The first-order valence-corrected chi connectivity index (χ1v) is 14.6. The highest BCUT2D eigenvalue weighted by Crippen LogP contribution is 2.40. The van der Waals surface area contributed by atoms with Crippen molar-refractivity contribution >= 4 is 16.9 Å². The molecule has 0 saturated heterocycles. The van der Waals surface area contributed by atoms with Crippen molar-refractivity contribution in [2.45, 2.75) is 57.8 Å². The van der Waals surface area contributed by atoms with E-state index in [9.17, 15) is 22.8 Å².